The Hall–Kier alpha value is -3.30. The molecule has 42 heavy (non-hydrogen) atoms. The maximum Gasteiger partial charge on any atom is 0.319 e. The fourth-order valence-electron chi connectivity index (χ4n) is 8.65. The van der Waals surface area contributed by atoms with Crippen molar-refractivity contribution < 1.29 is 4.74 Å². The summed E-state index contributed by atoms with van der Waals surface area (Å²) in [6, 6.07) is 5.28. The monoisotopic (exact) mass is 566 g/mol. The quantitative estimate of drug-likeness (QED) is 0.311. The maximum absolute atomic E-state index is 6.58. The molecule has 9 nitrogen and oxygen atoms in total. The normalized spacial score (nSPS) is 25.1. The number of benzene rings is 1. The lowest BCUT2D eigenvalue weighted by Gasteiger charge is -2.42. The lowest BCUT2D eigenvalue weighted by molar-refractivity contribution is 0.108. The summed E-state index contributed by atoms with van der Waals surface area (Å²) in [6.45, 7) is 11.5. The molecule has 0 radical (unpaired) electrons. The van der Waals surface area contributed by atoms with Gasteiger partial charge in [-0.15, -0.1) is 0 Å². The van der Waals surface area contributed by atoms with Crippen molar-refractivity contribution in [1.29, 1.82) is 0 Å². The lowest BCUT2D eigenvalue weighted by atomic mass is 9.91. The molecule has 9 heteroatoms. The number of fused-ring (bicyclic) bond motifs is 5. The van der Waals surface area contributed by atoms with Crippen LogP contribution in [-0.4, -0.2) is 80.0 Å². The number of H-pyrrole nitrogens is 1. The molecule has 0 saturated carbocycles. The summed E-state index contributed by atoms with van der Waals surface area (Å²) in [5, 5.41) is 13.5. The van der Waals surface area contributed by atoms with Crippen molar-refractivity contribution in [2.24, 2.45) is 0 Å². The summed E-state index contributed by atoms with van der Waals surface area (Å²) >= 11 is 0. The van der Waals surface area contributed by atoms with E-state index in [0.29, 0.717) is 18.7 Å². The highest BCUT2D eigenvalue weighted by Crippen LogP contribution is 2.41. The predicted molar refractivity (Wildman–Crippen MR) is 166 cm³/mol. The van der Waals surface area contributed by atoms with Crippen molar-refractivity contribution in [1.82, 2.24) is 35.4 Å². The lowest BCUT2D eigenvalue weighted by Crippen LogP contribution is -2.59. The van der Waals surface area contributed by atoms with E-state index in [9.17, 15) is 0 Å². The first kappa shape index (κ1) is 26.3. The highest BCUT2D eigenvalue weighted by atomic mass is 16.5. The van der Waals surface area contributed by atoms with Crippen LogP contribution in [0, 0.1) is 13.8 Å². The number of aromatic nitrogens is 5. The van der Waals surface area contributed by atoms with Gasteiger partial charge in [-0.3, -0.25) is 15.0 Å². The summed E-state index contributed by atoms with van der Waals surface area (Å²) in [5.74, 6) is 0.963. The minimum Gasteiger partial charge on any atom is -0.461 e. The molecule has 220 valence electrons. The number of aryl methyl sites for hydroxylation is 1. The van der Waals surface area contributed by atoms with Crippen LogP contribution >= 0.6 is 0 Å². The van der Waals surface area contributed by atoms with E-state index >= 15 is 0 Å². The van der Waals surface area contributed by atoms with Crippen LogP contribution in [0.4, 0.5) is 5.82 Å². The van der Waals surface area contributed by atoms with Crippen molar-refractivity contribution >= 4 is 27.6 Å². The molecule has 2 unspecified atom stereocenters. The predicted octanol–water partition coefficient (Wildman–Crippen LogP) is 5.30. The number of nitrogens with one attached hydrogen (secondary N) is 2. The van der Waals surface area contributed by atoms with Crippen LogP contribution in [0.5, 0.6) is 6.01 Å². The van der Waals surface area contributed by atoms with Crippen LogP contribution < -0.4 is 15.0 Å². The molecule has 0 aliphatic carbocycles. The summed E-state index contributed by atoms with van der Waals surface area (Å²) in [7, 11) is 0. The number of pyridine rings is 1. The van der Waals surface area contributed by atoms with Crippen molar-refractivity contribution in [3.05, 3.63) is 35.7 Å². The molecule has 0 spiro atoms. The van der Waals surface area contributed by atoms with Gasteiger partial charge >= 0.3 is 6.01 Å². The molecular formula is C33H42N8O. The number of hydrogen-bond donors (Lipinski definition) is 2. The number of aromatic amines is 1. The van der Waals surface area contributed by atoms with Crippen LogP contribution in [0.15, 0.2) is 24.5 Å². The molecule has 4 aliphatic heterocycles. The number of rotatable bonds is 7. The Morgan fingerprint density at radius 1 is 1.05 bits per heavy atom. The van der Waals surface area contributed by atoms with Gasteiger partial charge in [-0.25, -0.2) is 0 Å². The van der Waals surface area contributed by atoms with Crippen LogP contribution in [0.25, 0.3) is 33.1 Å². The van der Waals surface area contributed by atoms with Gasteiger partial charge in [0.15, 0.2) is 0 Å². The van der Waals surface area contributed by atoms with E-state index < -0.39 is 0 Å². The number of nitrogens with zero attached hydrogens (tertiary/aromatic N) is 6. The minimum atomic E-state index is 0.146. The number of ether oxygens (including phenoxy) is 1. The second kappa shape index (κ2) is 9.88. The molecule has 2 bridgehead atoms. The van der Waals surface area contributed by atoms with Crippen molar-refractivity contribution in [3.8, 4) is 17.3 Å². The molecule has 7 heterocycles. The van der Waals surface area contributed by atoms with Gasteiger partial charge in [0.25, 0.3) is 0 Å². The molecule has 1 aromatic carbocycles. The van der Waals surface area contributed by atoms with E-state index in [0.717, 1.165) is 52.0 Å². The van der Waals surface area contributed by atoms with E-state index in [-0.39, 0.29) is 11.1 Å². The molecule has 4 aromatic rings. The largest absolute Gasteiger partial charge is 0.461 e. The molecule has 3 aromatic heterocycles. The number of hydrogen-bond acceptors (Lipinski definition) is 8. The summed E-state index contributed by atoms with van der Waals surface area (Å²) < 4.78 is 6.58. The van der Waals surface area contributed by atoms with Gasteiger partial charge in [0, 0.05) is 41.8 Å². The molecule has 0 amide bonds. The van der Waals surface area contributed by atoms with E-state index in [1.165, 1.54) is 75.6 Å². The third-order valence-corrected chi connectivity index (χ3v) is 10.8. The zero-order chi connectivity index (χ0) is 28.5. The summed E-state index contributed by atoms with van der Waals surface area (Å²) in [6.07, 6.45) is 13.6. The van der Waals surface area contributed by atoms with Crippen molar-refractivity contribution in [2.75, 3.05) is 37.7 Å². The van der Waals surface area contributed by atoms with Gasteiger partial charge in [0.2, 0.25) is 0 Å². The molecule has 2 atom stereocenters. The SMILES string of the molecule is CCCC12CCC(CN(c3nc(OCC45CCCN4CCC5)nc4cc(-c5c(C)c(C)cc6[nH]ncc56)ncc34)C1)N2. The average molecular weight is 567 g/mol. The fraction of sp³-hybridized carbons (Fsp3) is 0.576. The Kier molecular flexibility index (Phi) is 6.19. The Balaban J connectivity index is 1.23. The van der Waals surface area contributed by atoms with E-state index in [2.05, 4.69) is 58.2 Å². The zero-order valence-corrected chi connectivity index (χ0v) is 25.2. The fourth-order valence-corrected chi connectivity index (χ4v) is 8.65. The van der Waals surface area contributed by atoms with Gasteiger partial charge in [-0.2, -0.15) is 15.1 Å². The van der Waals surface area contributed by atoms with Crippen LogP contribution in [0.1, 0.15) is 69.4 Å². The van der Waals surface area contributed by atoms with Gasteiger partial charge in [-0.1, -0.05) is 13.3 Å². The molecule has 4 fully saturated rings. The van der Waals surface area contributed by atoms with Gasteiger partial charge in [-0.05, 0) is 95.1 Å². The van der Waals surface area contributed by atoms with Crippen LogP contribution in [-0.2, 0) is 0 Å². The second-order valence-electron chi connectivity index (χ2n) is 13.4. The molecule has 4 aliphatic rings. The Morgan fingerprint density at radius 3 is 2.74 bits per heavy atom. The van der Waals surface area contributed by atoms with Gasteiger partial charge < -0.3 is 15.0 Å². The number of anilines is 1. The van der Waals surface area contributed by atoms with Crippen LogP contribution in [0.3, 0.4) is 0 Å². The van der Waals surface area contributed by atoms with E-state index in [4.69, 9.17) is 19.7 Å². The second-order valence-corrected chi connectivity index (χ2v) is 13.4. The minimum absolute atomic E-state index is 0.146. The molecule has 4 saturated heterocycles. The van der Waals surface area contributed by atoms with Crippen LogP contribution in [0.2, 0.25) is 0 Å². The molecule has 2 N–H and O–H groups in total. The zero-order valence-electron chi connectivity index (χ0n) is 25.2. The third-order valence-electron chi connectivity index (χ3n) is 10.8. The van der Waals surface area contributed by atoms with Crippen molar-refractivity contribution in [2.45, 2.75) is 89.3 Å². The maximum atomic E-state index is 6.58. The first-order chi connectivity index (χ1) is 20.5. The smallest absolute Gasteiger partial charge is 0.319 e. The Bertz CT molecular complexity index is 1650. The highest BCUT2D eigenvalue weighted by molar-refractivity contribution is 5.99. The Labute approximate surface area is 247 Å². The topological polar surface area (TPSA) is 95.1 Å². The van der Waals surface area contributed by atoms with E-state index in [1.807, 2.05) is 12.4 Å². The molecule has 8 rings (SSSR count). The highest BCUT2D eigenvalue weighted by Gasteiger charge is 2.46. The van der Waals surface area contributed by atoms with Gasteiger partial charge in [0.05, 0.1) is 33.8 Å². The Morgan fingerprint density at radius 2 is 1.90 bits per heavy atom. The molecular weight excluding hydrogens is 524 g/mol. The summed E-state index contributed by atoms with van der Waals surface area (Å²) in [4.78, 5) is 20.4. The standard InChI is InChI=1S/C33H42N8O/c1-4-8-32-11-7-23(38-32)18-40(19-32)30-25-16-34-28(29-22(3)21(2)14-27-24(29)17-35-39-27)15-26(25)36-31(37-30)42-20-33-9-5-12-41(33)13-6-10-33/h14-17,23,38H,4-13,18-20H2,1-3H3,(H,35,39). The first-order valence-corrected chi connectivity index (χ1v) is 16.0. The first-order valence-electron chi connectivity index (χ1n) is 16.0. The van der Waals surface area contributed by atoms with E-state index in [1.54, 1.807) is 0 Å². The average Bonchev–Trinajstić information content (AvgIpc) is 3.76. The third kappa shape index (κ3) is 4.19. The summed E-state index contributed by atoms with van der Waals surface area (Å²) in [5.41, 5.74) is 6.65. The van der Waals surface area contributed by atoms with Crippen molar-refractivity contribution in [3.63, 3.8) is 0 Å². The van der Waals surface area contributed by atoms with Gasteiger partial charge in [0.1, 0.15) is 12.4 Å². The number of piperazine rings is 1.